The van der Waals surface area contributed by atoms with Gasteiger partial charge in [0.1, 0.15) is 23.4 Å². The summed E-state index contributed by atoms with van der Waals surface area (Å²) in [4.78, 5) is 43.0. The number of hydrogen-bond donors (Lipinski definition) is 3. The van der Waals surface area contributed by atoms with E-state index < -0.39 is 35.2 Å². The molecule has 3 amide bonds. The molecule has 0 aromatic heterocycles. The second-order valence-electron chi connectivity index (χ2n) is 11.6. The van der Waals surface area contributed by atoms with E-state index in [4.69, 9.17) is 4.74 Å². The van der Waals surface area contributed by atoms with Gasteiger partial charge in [-0.05, 0) is 108 Å². The lowest BCUT2D eigenvalue weighted by Gasteiger charge is -2.44. The highest BCUT2D eigenvalue weighted by Crippen LogP contribution is 2.35. The number of amides is 3. The fraction of sp³-hybridized carbons (Fsp3) is 0.516. The van der Waals surface area contributed by atoms with Gasteiger partial charge < -0.3 is 25.4 Å². The number of hydrogen-bond acceptors (Lipinski definition) is 6. The van der Waals surface area contributed by atoms with Crippen molar-refractivity contribution in [1.82, 2.24) is 10.2 Å². The third-order valence-corrected chi connectivity index (χ3v) is 7.44. The van der Waals surface area contributed by atoms with Crippen LogP contribution in [0.3, 0.4) is 0 Å². The van der Waals surface area contributed by atoms with Crippen LogP contribution in [0.25, 0.3) is 0 Å². The van der Waals surface area contributed by atoms with Crippen LogP contribution in [0, 0.1) is 13.8 Å². The van der Waals surface area contributed by atoms with Crippen LogP contribution in [0.2, 0.25) is 0 Å². The molecule has 2 aromatic rings. The van der Waals surface area contributed by atoms with Crippen LogP contribution in [0.4, 0.5) is 10.5 Å². The number of rotatable bonds is 11. The van der Waals surface area contributed by atoms with Gasteiger partial charge in [0, 0.05) is 11.2 Å². The molecular formula is C31H45N3O5S. The molecule has 0 radical (unpaired) electrons. The highest BCUT2D eigenvalue weighted by Gasteiger charge is 2.43. The molecule has 0 spiro atoms. The van der Waals surface area contributed by atoms with Gasteiger partial charge in [0.05, 0.1) is 0 Å². The Hall–Kier alpha value is -3.20. The number of nitrogens with zero attached hydrogens (tertiary/aromatic N) is 1. The number of aryl methyl sites for hydroxylation is 2. The molecule has 2 rings (SSSR count). The van der Waals surface area contributed by atoms with E-state index in [1.807, 2.05) is 58.2 Å². The molecule has 0 bridgehead atoms. The third kappa shape index (κ3) is 8.91. The van der Waals surface area contributed by atoms with Gasteiger partial charge in [0.25, 0.3) is 5.91 Å². The number of nitrogens with one attached hydrogen (secondary N) is 2. The SMILES string of the molecule is CCC(C)(C)N(C(=O)C(CCSC)NC(=O)OC(C)(C)C)C(C(=O)Nc1ccccc1C)c1ccc(O)c(C)c1. The van der Waals surface area contributed by atoms with Crippen LogP contribution in [0.1, 0.15) is 77.1 Å². The standard InChI is InChI=1S/C31H45N3O5S/c1-10-31(7,8)34(28(37)24(17-18-40-9)33-29(38)39-30(4,5)6)26(22-15-16-25(35)21(3)19-22)27(36)32-23-14-12-11-13-20(23)2/h11-16,19,24,26,35H,10,17-18H2,1-9H3,(H,32,36)(H,33,38). The molecule has 0 saturated heterocycles. The predicted octanol–water partition coefficient (Wildman–Crippen LogP) is 6.35. The van der Waals surface area contributed by atoms with Crippen LogP contribution in [-0.2, 0) is 14.3 Å². The maximum absolute atomic E-state index is 14.5. The average molecular weight is 572 g/mol. The average Bonchev–Trinajstić information content (AvgIpc) is 2.86. The Morgan fingerprint density at radius 3 is 2.23 bits per heavy atom. The van der Waals surface area contributed by atoms with Crippen molar-refractivity contribution in [2.75, 3.05) is 17.3 Å². The first-order valence-corrected chi connectivity index (χ1v) is 15.0. The molecule has 3 N–H and O–H groups in total. The van der Waals surface area contributed by atoms with E-state index in [-0.39, 0.29) is 11.7 Å². The highest BCUT2D eigenvalue weighted by molar-refractivity contribution is 7.98. The Labute approximate surface area is 243 Å². The fourth-order valence-corrected chi connectivity index (χ4v) is 4.71. The minimum atomic E-state index is -1.04. The van der Waals surface area contributed by atoms with Crippen molar-refractivity contribution in [1.29, 1.82) is 0 Å². The smallest absolute Gasteiger partial charge is 0.408 e. The van der Waals surface area contributed by atoms with Gasteiger partial charge >= 0.3 is 6.09 Å². The third-order valence-electron chi connectivity index (χ3n) is 6.80. The summed E-state index contributed by atoms with van der Waals surface area (Å²) in [7, 11) is 0. The van der Waals surface area contributed by atoms with E-state index in [2.05, 4.69) is 10.6 Å². The first-order valence-electron chi connectivity index (χ1n) is 13.6. The van der Waals surface area contributed by atoms with Crippen molar-refractivity contribution >= 4 is 35.4 Å². The van der Waals surface area contributed by atoms with Gasteiger partial charge in [-0.2, -0.15) is 11.8 Å². The van der Waals surface area contributed by atoms with Crippen molar-refractivity contribution in [2.24, 2.45) is 0 Å². The summed E-state index contributed by atoms with van der Waals surface area (Å²) in [6.45, 7) is 14.7. The number of phenols is 1. The van der Waals surface area contributed by atoms with Gasteiger partial charge in [-0.25, -0.2) is 4.79 Å². The molecule has 0 heterocycles. The first kappa shape index (κ1) is 33.0. The number of anilines is 1. The molecule has 40 heavy (non-hydrogen) atoms. The number of para-hydroxylation sites is 1. The molecule has 2 atom stereocenters. The van der Waals surface area contributed by atoms with Crippen molar-refractivity contribution in [3.8, 4) is 5.75 Å². The lowest BCUT2D eigenvalue weighted by atomic mass is 9.91. The number of aromatic hydroxyl groups is 1. The zero-order valence-electron chi connectivity index (χ0n) is 25.3. The molecule has 220 valence electrons. The number of carbonyl (C=O) groups is 3. The molecular weight excluding hydrogens is 526 g/mol. The summed E-state index contributed by atoms with van der Waals surface area (Å²) < 4.78 is 5.47. The molecule has 0 aliphatic heterocycles. The minimum absolute atomic E-state index is 0.0962. The fourth-order valence-electron chi connectivity index (χ4n) is 4.24. The van der Waals surface area contributed by atoms with Crippen LogP contribution in [0.5, 0.6) is 5.75 Å². The Morgan fingerprint density at radius 1 is 1.02 bits per heavy atom. The second kappa shape index (κ2) is 13.9. The molecule has 9 heteroatoms. The van der Waals surface area contributed by atoms with Crippen LogP contribution >= 0.6 is 11.8 Å². The van der Waals surface area contributed by atoms with Crippen LogP contribution < -0.4 is 10.6 Å². The van der Waals surface area contributed by atoms with E-state index in [9.17, 15) is 19.5 Å². The van der Waals surface area contributed by atoms with Gasteiger partial charge in [0.2, 0.25) is 5.91 Å². The molecule has 0 fully saturated rings. The summed E-state index contributed by atoms with van der Waals surface area (Å²) in [5, 5.41) is 16.0. The van der Waals surface area contributed by atoms with E-state index in [0.717, 1.165) is 5.56 Å². The summed E-state index contributed by atoms with van der Waals surface area (Å²) >= 11 is 1.56. The number of thioether (sulfide) groups is 1. The Balaban J connectivity index is 2.67. The van der Waals surface area contributed by atoms with Crippen molar-refractivity contribution < 1.29 is 24.2 Å². The van der Waals surface area contributed by atoms with E-state index in [1.54, 1.807) is 56.5 Å². The second-order valence-corrected chi connectivity index (χ2v) is 12.6. The lowest BCUT2D eigenvalue weighted by molar-refractivity contribution is -0.147. The van der Waals surface area contributed by atoms with Gasteiger partial charge in [-0.15, -0.1) is 0 Å². The molecule has 0 aliphatic rings. The molecule has 0 aliphatic carbocycles. The summed E-state index contributed by atoms with van der Waals surface area (Å²) in [6.07, 6.45) is 2.14. The van der Waals surface area contributed by atoms with Crippen molar-refractivity contribution in [2.45, 2.75) is 91.5 Å². The summed E-state index contributed by atoms with van der Waals surface area (Å²) in [5.41, 5.74) is 1.15. The molecule has 8 nitrogen and oxygen atoms in total. The van der Waals surface area contributed by atoms with Crippen LogP contribution in [0.15, 0.2) is 42.5 Å². The highest BCUT2D eigenvalue weighted by atomic mass is 32.2. The molecule has 2 aromatic carbocycles. The number of alkyl carbamates (subject to hydrolysis) is 1. The van der Waals surface area contributed by atoms with Gasteiger partial charge in [-0.3, -0.25) is 9.59 Å². The quantitative estimate of drug-likeness (QED) is 0.290. The van der Waals surface area contributed by atoms with E-state index >= 15 is 0 Å². The predicted molar refractivity (Wildman–Crippen MR) is 163 cm³/mol. The zero-order chi connectivity index (χ0) is 30.3. The van der Waals surface area contributed by atoms with Crippen molar-refractivity contribution in [3.63, 3.8) is 0 Å². The summed E-state index contributed by atoms with van der Waals surface area (Å²) in [5.74, 6) is -0.0678. The van der Waals surface area contributed by atoms with Crippen molar-refractivity contribution in [3.05, 3.63) is 59.2 Å². The maximum Gasteiger partial charge on any atom is 0.408 e. The molecule has 0 saturated carbocycles. The van der Waals surface area contributed by atoms with Crippen LogP contribution in [-0.4, -0.2) is 57.1 Å². The Kier molecular flexibility index (Phi) is 11.5. The minimum Gasteiger partial charge on any atom is -0.508 e. The number of carbonyl (C=O) groups excluding carboxylic acids is 3. The van der Waals surface area contributed by atoms with E-state index in [1.165, 1.54) is 6.07 Å². The largest absolute Gasteiger partial charge is 0.508 e. The monoisotopic (exact) mass is 571 g/mol. The number of benzene rings is 2. The topological polar surface area (TPSA) is 108 Å². The Bertz CT molecular complexity index is 1190. The zero-order valence-corrected chi connectivity index (χ0v) is 26.1. The van der Waals surface area contributed by atoms with Gasteiger partial charge in [0.15, 0.2) is 0 Å². The normalized spacial score (nSPS) is 13.2. The first-order chi connectivity index (χ1) is 18.6. The lowest BCUT2D eigenvalue weighted by Crippen LogP contribution is -2.59. The van der Waals surface area contributed by atoms with E-state index in [0.29, 0.717) is 35.4 Å². The van der Waals surface area contributed by atoms with Gasteiger partial charge in [-0.1, -0.05) is 31.2 Å². The summed E-state index contributed by atoms with van der Waals surface area (Å²) in [6, 6.07) is 10.4. The number of phenolic OH excluding ortho intramolecular Hbond substituents is 1. The molecule has 2 unspecified atom stereocenters. The Morgan fingerprint density at radius 2 is 1.68 bits per heavy atom. The number of ether oxygens (including phenoxy) is 1. The maximum atomic E-state index is 14.5.